The molecule has 1 amide bonds. The van der Waals surface area contributed by atoms with Crippen molar-refractivity contribution in [3.05, 3.63) is 16.1 Å². The van der Waals surface area contributed by atoms with Crippen LogP contribution in [0.2, 0.25) is 0 Å². The zero-order chi connectivity index (χ0) is 14.4. The Hall–Kier alpha value is -0.940. The van der Waals surface area contributed by atoms with Gasteiger partial charge in [-0.05, 0) is 31.7 Å². The lowest BCUT2D eigenvalue weighted by Crippen LogP contribution is -2.30. The lowest BCUT2D eigenvalue weighted by Gasteiger charge is -2.21. The second-order valence-corrected chi connectivity index (χ2v) is 6.61. The predicted octanol–water partition coefficient (Wildman–Crippen LogP) is 2.42. The number of aromatic nitrogens is 1. The van der Waals surface area contributed by atoms with Crippen molar-refractivity contribution in [2.75, 3.05) is 13.6 Å². The van der Waals surface area contributed by atoms with Crippen molar-refractivity contribution < 1.29 is 4.79 Å². The summed E-state index contributed by atoms with van der Waals surface area (Å²) in [5.74, 6) is 1.02. The summed E-state index contributed by atoms with van der Waals surface area (Å²) < 4.78 is 0. The summed E-state index contributed by atoms with van der Waals surface area (Å²) >= 11 is 1.62. The van der Waals surface area contributed by atoms with Gasteiger partial charge < -0.3 is 10.6 Å². The van der Waals surface area contributed by atoms with Crippen LogP contribution in [-0.2, 0) is 11.3 Å². The molecule has 1 rings (SSSR count). The minimum atomic E-state index is 0.154. The lowest BCUT2D eigenvalue weighted by molar-refractivity contribution is -0.131. The van der Waals surface area contributed by atoms with Crippen LogP contribution in [-0.4, -0.2) is 29.4 Å². The third kappa shape index (κ3) is 5.70. The summed E-state index contributed by atoms with van der Waals surface area (Å²) in [5, 5.41) is 3.05. The Labute approximate surface area is 120 Å². The number of carbonyl (C=O) groups is 1. The van der Waals surface area contributed by atoms with Crippen LogP contribution in [0.4, 0.5) is 0 Å². The van der Waals surface area contributed by atoms with Gasteiger partial charge in [-0.2, -0.15) is 0 Å². The summed E-state index contributed by atoms with van der Waals surface area (Å²) in [5.41, 5.74) is 6.71. The molecule has 0 saturated carbocycles. The highest BCUT2D eigenvalue weighted by Crippen LogP contribution is 2.16. The number of rotatable bonds is 7. The molecule has 1 unspecified atom stereocenters. The topological polar surface area (TPSA) is 59.2 Å². The van der Waals surface area contributed by atoms with E-state index in [-0.39, 0.29) is 11.8 Å². The number of hydrogen-bond acceptors (Lipinski definition) is 4. The first-order valence-corrected chi connectivity index (χ1v) is 7.65. The van der Waals surface area contributed by atoms with Crippen molar-refractivity contribution in [3.63, 3.8) is 0 Å². The van der Waals surface area contributed by atoms with E-state index < -0.39 is 0 Å². The molecule has 1 aromatic rings. The van der Waals surface area contributed by atoms with Crippen molar-refractivity contribution in [2.45, 2.75) is 40.2 Å². The smallest absolute Gasteiger partial charge is 0.222 e. The number of aryl methyl sites for hydroxylation is 1. The van der Waals surface area contributed by atoms with Gasteiger partial charge in [0.1, 0.15) is 0 Å². The van der Waals surface area contributed by atoms with E-state index in [1.54, 1.807) is 16.2 Å². The first-order chi connectivity index (χ1) is 8.92. The first kappa shape index (κ1) is 16.1. The van der Waals surface area contributed by atoms with Crippen molar-refractivity contribution in [1.82, 2.24) is 9.88 Å². The Morgan fingerprint density at radius 2 is 2.21 bits per heavy atom. The Kier molecular flexibility index (Phi) is 6.45. The first-order valence-electron chi connectivity index (χ1n) is 6.77. The number of nitrogens with zero attached hydrogens (tertiary/aromatic N) is 2. The van der Waals surface area contributed by atoms with Gasteiger partial charge in [0.2, 0.25) is 5.91 Å². The third-order valence-electron chi connectivity index (χ3n) is 3.09. The molecule has 4 nitrogen and oxygen atoms in total. The molecule has 1 heterocycles. The van der Waals surface area contributed by atoms with Crippen LogP contribution >= 0.6 is 11.3 Å². The molecule has 0 fully saturated rings. The molecule has 0 saturated heterocycles. The molecule has 1 aromatic heterocycles. The molecule has 0 spiro atoms. The van der Waals surface area contributed by atoms with E-state index in [1.807, 2.05) is 19.4 Å². The fourth-order valence-electron chi connectivity index (χ4n) is 2.14. The molecular weight excluding hydrogens is 258 g/mol. The number of thiazole rings is 1. The molecule has 108 valence electrons. The number of hydrogen-bond donors (Lipinski definition) is 1. The van der Waals surface area contributed by atoms with Crippen LogP contribution in [0.3, 0.4) is 0 Å². The molecular formula is C14H25N3OS. The van der Waals surface area contributed by atoms with E-state index >= 15 is 0 Å². The van der Waals surface area contributed by atoms with E-state index in [0.717, 1.165) is 17.1 Å². The number of carbonyl (C=O) groups excluding carboxylic acids is 1. The van der Waals surface area contributed by atoms with Gasteiger partial charge in [0, 0.05) is 18.8 Å². The highest BCUT2D eigenvalue weighted by molar-refractivity contribution is 7.09. The van der Waals surface area contributed by atoms with Gasteiger partial charge in [-0.25, -0.2) is 4.98 Å². The lowest BCUT2D eigenvalue weighted by atomic mass is 9.94. The molecule has 1 atom stereocenters. The Balaban J connectivity index is 2.47. The average molecular weight is 283 g/mol. The summed E-state index contributed by atoms with van der Waals surface area (Å²) in [6.07, 6.45) is 1.54. The molecule has 0 radical (unpaired) electrons. The van der Waals surface area contributed by atoms with Gasteiger partial charge in [0.05, 0.1) is 17.2 Å². The molecule has 2 N–H and O–H groups in total. The fraction of sp³-hybridized carbons (Fsp3) is 0.714. The highest BCUT2D eigenvalue weighted by Gasteiger charge is 2.17. The SMILES string of the molecule is Cc1nc(CN(C)C(=O)CC(CN)CC(C)C)cs1. The van der Waals surface area contributed by atoms with Gasteiger partial charge >= 0.3 is 0 Å². The number of nitrogens with two attached hydrogens (primary N) is 1. The van der Waals surface area contributed by atoms with Crippen LogP contribution in [0.25, 0.3) is 0 Å². The van der Waals surface area contributed by atoms with Crippen molar-refractivity contribution in [3.8, 4) is 0 Å². The largest absolute Gasteiger partial charge is 0.340 e. The van der Waals surface area contributed by atoms with Gasteiger partial charge in [-0.15, -0.1) is 11.3 Å². The normalized spacial score (nSPS) is 12.7. The standard InChI is InChI=1S/C14H25N3OS/c1-10(2)5-12(7-15)6-14(18)17(4)8-13-9-19-11(3)16-13/h9-10,12H,5-8,15H2,1-4H3. The van der Waals surface area contributed by atoms with Gasteiger partial charge in [-0.3, -0.25) is 4.79 Å². The maximum absolute atomic E-state index is 12.2. The second kappa shape index (κ2) is 7.60. The minimum Gasteiger partial charge on any atom is -0.340 e. The quantitative estimate of drug-likeness (QED) is 0.836. The predicted molar refractivity (Wildman–Crippen MR) is 79.9 cm³/mol. The summed E-state index contributed by atoms with van der Waals surface area (Å²) in [4.78, 5) is 18.3. The van der Waals surface area contributed by atoms with Crippen LogP contribution in [0.15, 0.2) is 5.38 Å². The van der Waals surface area contributed by atoms with Crippen LogP contribution in [0.1, 0.15) is 37.4 Å². The van der Waals surface area contributed by atoms with Gasteiger partial charge in [0.15, 0.2) is 0 Å². The van der Waals surface area contributed by atoms with E-state index in [9.17, 15) is 4.79 Å². The molecule has 0 aromatic carbocycles. The second-order valence-electron chi connectivity index (χ2n) is 5.54. The molecule has 0 bridgehead atoms. The number of amides is 1. The van der Waals surface area contributed by atoms with Crippen LogP contribution in [0, 0.1) is 18.8 Å². The van der Waals surface area contributed by atoms with Crippen LogP contribution < -0.4 is 5.73 Å². The van der Waals surface area contributed by atoms with Crippen molar-refractivity contribution in [1.29, 1.82) is 0 Å². The summed E-state index contributed by atoms with van der Waals surface area (Å²) in [6.45, 7) is 7.46. The van der Waals surface area contributed by atoms with Crippen LogP contribution in [0.5, 0.6) is 0 Å². The van der Waals surface area contributed by atoms with E-state index in [1.165, 1.54) is 0 Å². The average Bonchev–Trinajstić information content (AvgIpc) is 2.73. The zero-order valence-corrected chi connectivity index (χ0v) is 13.2. The minimum absolute atomic E-state index is 0.154. The third-order valence-corrected chi connectivity index (χ3v) is 3.92. The van der Waals surface area contributed by atoms with Gasteiger partial charge in [0.25, 0.3) is 0 Å². The van der Waals surface area contributed by atoms with Gasteiger partial charge in [-0.1, -0.05) is 13.8 Å². The maximum atomic E-state index is 12.2. The highest BCUT2D eigenvalue weighted by atomic mass is 32.1. The van der Waals surface area contributed by atoms with E-state index in [0.29, 0.717) is 25.4 Å². The molecule has 0 aliphatic carbocycles. The van der Waals surface area contributed by atoms with Crippen molar-refractivity contribution in [2.24, 2.45) is 17.6 Å². The maximum Gasteiger partial charge on any atom is 0.222 e. The Morgan fingerprint density at radius 1 is 1.53 bits per heavy atom. The van der Waals surface area contributed by atoms with E-state index in [2.05, 4.69) is 18.8 Å². The van der Waals surface area contributed by atoms with Crippen molar-refractivity contribution >= 4 is 17.2 Å². The molecule has 0 aliphatic rings. The Morgan fingerprint density at radius 3 is 2.68 bits per heavy atom. The Bertz CT molecular complexity index is 403. The zero-order valence-electron chi connectivity index (χ0n) is 12.3. The van der Waals surface area contributed by atoms with E-state index in [4.69, 9.17) is 5.73 Å². The summed E-state index contributed by atoms with van der Waals surface area (Å²) in [6, 6.07) is 0. The molecule has 0 aliphatic heterocycles. The molecule has 5 heteroatoms. The molecule has 19 heavy (non-hydrogen) atoms. The fourth-order valence-corrected chi connectivity index (χ4v) is 2.75. The summed E-state index contributed by atoms with van der Waals surface area (Å²) in [7, 11) is 1.83. The monoisotopic (exact) mass is 283 g/mol.